The van der Waals surface area contributed by atoms with Crippen molar-refractivity contribution in [1.82, 2.24) is 19.7 Å². The van der Waals surface area contributed by atoms with Gasteiger partial charge >= 0.3 is 0 Å². The maximum Gasteiger partial charge on any atom is 0.258 e. The maximum absolute atomic E-state index is 13.7. The van der Waals surface area contributed by atoms with E-state index in [2.05, 4.69) is 20.4 Å². The Morgan fingerprint density at radius 1 is 1.12 bits per heavy atom. The molecule has 0 spiro atoms. The van der Waals surface area contributed by atoms with Crippen LogP contribution in [0.15, 0.2) is 47.1 Å². The van der Waals surface area contributed by atoms with Gasteiger partial charge in [-0.05, 0) is 50.2 Å². The Bertz CT molecular complexity index is 1520. The minimum absolute atomic E-state index is 0.336. The monoisotopic (exact) mass is 465 g/mol. The van der Waals surface area contributed by atoms with E-state index in [4.69, 9.17) is 4.42 Å². The minimum atomic E-state index is -0.956. The van der Waals surface area contributed by atoms with E-state index < -0.39 is 17.5 Å². The Hall–Kier alpha value is -3.92. The van der Waals surface area contributed by atoms with E-state index in [1.807, 2.05) is 6.92 Å². The number of nitrogens with one attached hydrogen (secondary N) is 1. The summed E-state index contributed by atoms with van der Waals surface area (Å²) in [6.07, 6.45) is 1.54. The average Bonchev–Trinajstić information content (AvgIpc) is 3.50. The number of nitrogens with zero attached hydrogens (tertiary/aromatic N) is 4. The predicted molar refractivity (Wildman–Crippen MR) is 121 cm³/mol. The molecule has 1 aromatic carbocycles. The molecule has 33 heavy (non-hydrogen) atoms. The standard InChI is InChI=1S/C23H17F2N5O2S/c1-11-19-14(10-17(18-5-4-8-32-18)26-21(19)30(3)29-11)22(31)28-23-27-20(12(2)33-23)13-6-7-15(24)16(25)9-13/h4-10H,1-3H3,(H,27,28,31). The van der Waals surface area contributed by atoms with Crippen molar-refractivity contribution in [1.29, 1.82) is 0 Å². The lowest BCUT2D eigenvalue weighted by molar-refractivity contribution is 0.102. The van der Waals surface area contributed by atoms with E-state index in [1.165, 1.54) is 23.7 Å². The lowest BCUT2D eigenvalue weighted by Crippen LogP contribution is -2.13. The van der Waals surface area contributed by atoms with Gasteiger partial charge in [0.25, 0.3) is 5.91 Å². The van der Waals surface area contributed by atoms with E-state index in [0.717, 1.165) is 17.0 Å². The molecule has 0 saturated heterocycles. The predicted octanol–water partition coefficient (Wildman–Crippen LogP) is 5.50. The highest BCUT2D eigenvalue weighted by Crippen LogP contribution is 2.32. The third kappa shape index (κ3) is 3.68. The van der Waals surface area contributed by atoms with Crippen molar-refractivity contribution in [3.63, 3.8) is 0 Å². The zero-order valence-electron chi connectivity index (χ0n) is 17.8. The maximum atomic E-state index is 13.7. The lowest BCUT2D eigenvalue weighted by atomic mass is 10.1. The van der Waals surface area contributed by atoms with Crippen LogP contribution in [0, 0.1) is 25.5 Å². The second kappa shape index (κ2) is 7.89. The number of halogens is 2. The van der Waals surface area contributed by atoms with Gasteiger partial charge < -0.3 is 4.42 Å². The summed E-state index contributed by atoms with van der Waals surface area (Å²) in [6, 6.07) is 8.75. The largest absolute Gasteiger partial charge is 0.463 e. The zero-order valence-corrected chi connectivity index (χ0v) is 18.6. The van der Waals surface area contributed by atoms with Crippen LogP contribution in [0.5, 0.6) is 0 Å². The van der Waals surface area contributed by atoms with Crippen molar-refractivity contribution in [2.75, 3.05) is 5.32 Å². The van der Waals surface area contributed by atoms with Gasteiger partial charge in [-0.1, -0.05) is 0 Å². The van der Waals surface area contributed by atoms with Crippen molar-refractivity contribution in [3.8, 4) is 22.7 Å². The lowest BCUT2D eigenvalue weighted by Gasteiger charge is -2.07. The highest BCUT2D eigenvalue weighted by molar-refractivity contribution is 7.16. The van der Waals surface area contributed by atoms with E-state index in [0.29, 0.717) is 50.1 Å². The first-order valence-corrected chi connectivity index (χ1v) is 10.8. The first-order valence-electron chi connectivity index (χ1n) is 9.94. The Labute approximate surface area is 190 Å². The number of carbonyl (C=O) groups excluding carboxylic acids is 1. The van der Waals surface area contributed by atoms with Crippen molar-refractivity contribution in [2.45, 2.75) is 13.8 Å². The molecule has 0 atom stereocenters. The fraction of sp³-hybridized carbons (Fsp3) is 0.130. The molecular weight excluding hydrogens is 448 g/mol. The number of hydrogen-bond donors (Lipinski definition) is 1. The first kappa shape index (κ1) is 21.0. The molecule has 4 aromatic heterocycles. The molecule has 0 aliphatic carbocycles. The number of rotatable bonds is 4. The van der Waals surface area contributed by atoms with Crippen molar-refractivity contribution in [3.05, 3.63) is 70.4 Å². The number of pyridine rings is 1. The van der Waals surface area contributed by atoms with Gasteiger partial charge in [-0.2, -0.15) is 5.10 Å². The summed E-state index contributed by atoms with van der Waals surface area (Å²) in [5.41, 5.74) is 2.98. The summed E-state index contributed by atoms with van der Waals surface area (Å²) in [6.45, 7) is 3.61. The Morgan fingerprint density at radius 3 is 2.67 bits per heavy atom. The SMILES string of the molecule is Cc1sc(NC(=O)c2cc(-c3ccco3)nc3c2c(C)nn3C)nc1-c1ccc(F)c(F)c1. The van der Waals surface area contributed by atoms with Crippen LogP contribution in [0.3, 0.4) is 0 Å². The fourth-order valence-corrected chi connectivity index (χ4v) is 4.53. The zero-order chi connectivity index (χ0) is 23.3. The van der Waals surface area contributed by atoms with Gasteiger partial charge in [-0.3, -0.25) is 14.8 Å². The molecule has 5 aromatic rings. The van der Waals surface area contributed by atoms with Crippen LogP contribution < -0.4 is 5.32 Å². The molecule has 7 nitrogen and oxygen atoms in total. The number of aryl methyl sites for hydroxylation is 3. The molecule has 5 rings (SSSR count). The Kier molecular flexibility index (Phi) is 5.01. The van der Waals surface area contributed by atoms with Crippen LogP contribution in [-0.2, 0) is 7.05 Å². The van der Waals surface area contributed by atoms with Gasteiger partial charge in [-0.15, -0.1) is 11.3 Å². The highest BCUT2D eigenvalue weighted by atomic mass is 32.1. The van der Waals surface area contributed by atoms with E-state index in [9.17, 15) is 13.6 Å². The van der Waals surface area contributed by atoms with Crippen molar-refractivity contribution in [2.24, 2.45) is 7.05 Å². The smallest absolute Gasteiger partial charge is 0.258 e. The summed E-state index contributed by atoms with van der Waals surface area (Å²) in [7, 11) is 1.76. The van der Waals surface area contributed by atoms with Gasteiger partial charge in [0.15, 0.2) is 28.2 Å². The molecule has 0 radical (unpaired) electrons. The molecule has 1 amide bonds. The molecular formula is C23H17F2N5O2S. The van der Waals surface area contributed by atoms with E-state index >= 15 is 0 Å². The molecule has 0 unspecified atom stereocenters. The number of hydrogen-bond acceptors (Lipinski definition) is 6. The molecule has 166 valence electrons. The van der Waals surface area contributed by atoms with Crippen molar-refractivity contribution < 1.29 is 18.0 Å². The molecule has 1 N–H and O–H groups in total. The summed E-state index contributed by atoms with van der Waals surface area (Å²) < 4.78 is 34.1. The van der Waals surface area contributed by atoms with Crippen molar-refractivity contribution >= 4 is 33.4 Å². The summed E-state index contributed by atoms with van der Waals surface area (Å²) in [5.74, 6) is -1.75. The molecule has 4 heterocycles. The number of carbonyl (C=O) groups is 1. The second-order valence-corrected chi connectivity index (χ2v) is 8.65. The number of benzene rings is 1. The molecule has 0 fully saturated rings. The summed E-state index contributed by atoms with van der Waals surface area (Å²) >= 11 is 1.24. The molecule has 0 aliphatic heterocycles. The number of furan rings is 1. The topological polar surface area (TPSA) is 85.8 Å². The van der Waals surface area contributed by atoms with Crippen LogP contribution in [0.1, 0.15) is 20.9 Å². The number of fused-ring (bicyclic) bond motifs is 1. The highest BCUT2D eigenvalue weighted by Gasteiger charge is 2.22. The summed E-state index contributed by atoms with van der Waals surface area (Å²) in [4.78, 5) is 23.1. The molecule has 10 heteroatoms. The third-order valence-electron chi connectivity index (χ3n) is 5.20. The number of amides is 1. The van der Waals surface area contributed by atoms with Gasteiger partial charge in [0, 0.05) is 17.5 Å². The molecule has 0 aliphatic rings. The second-order valence-electron chi connectivity index (χ2n) is 7.45. The van der Waals surface area contributed by atoms with Gasteiger partial charge in [0.2, 0.25) is 0 Å². The van der Waals surface area contributed by atoms with Crippen LogP contribution >= 0.6 is 11.3 Å². The average molecular weight is 465 g/mol. The number of thiazole rings is 1. The van der Waals surface area contributed by atoms with Crippen LogP contribution in [0.2, 0.25) is 0 Å². The quantitative estimate of drug-likeness (QED) is 0.379. The van der Waals surface area contributed by atoms with Gasteiger partial charge in [-0.25, -0.2) is 18.7 Å². The Balaban J connectivity index is 1.54. The molecule has 0 saturated carbocycles. The number of anilines is 1. The third-order valence-corrected chi connectivity index (χ3v) is 6.08. The Morgan fingerprint density at radius 2 is 1.94 bits per heavy atom. The summed E-state index contributed by atoms with van der Waals surface area (Å²) in [5, 5.41) is 8.18. The van der Waals surface area contributed by atoms with E-state index in [1.54, 1.807) is 36.9 Å². The van der Waals surface area contributed by atoms with Crippen LogP contribution in [0.4, 0.5) is 13.9 Å². The van der Waals surface area contributed by atoms with Crippen LogP contribution in [-0.4, -0.2) is 25.7 Å². The molecule has 0 bridgehead atoms. The first-order chi connectivity index (χ1) is 15.8. The fourth-order valence-electron chi connectivity index (χ4n) is 3.70. The minimum Gasteiger partial charge on any atom is -0.463 e. The normalized spacial score (nSPS) is 11.3. The van der Waals surface area contributed by atoms with Gasteiger partial charge in [0.1, 0.15) is 5.69 Å². The number of aromatic nitrogens is 4. The van der Waals surface area contributed by atoms with Crippen LogP contribution in [0.25, 0.3) is 33.7 Å². The van der Waals surface area contributed by atoms with Gasteiger partial charge in [0.05, 0.1) is 28.6 Å². The van der Waals surface area contributed by atoms with E-state index in [-0.39, 0.29) is 0 Å².